The zero-order valence-corrected chi connectivity index (χ0v) is 13.0. The van der Waals surface area contributed by atoms with Crippen molar-refractivity contribution < 1.29 is 54.7 Å². The van der Waals surface area contributed by atoms with Crippen LogP contribution in [-0.2, 0) is 18.9 Å². The van der Waals surface area contributed by atoms with Crippen molar-refractivity contribution in [2.24, 2.45) is 0 Å². The third-order valence-corrected chi connectivity index (χ3v) is 4.23. The molecule has 0 radical (unpaired) electrons. The van der Waals surface area contributed by atoms with E-state index in [2.05, 4.69) is 0 Å². The van der Waals surface area contributed by atoms with E-state index in [4.69, 9.17) is 24.1 Å². The average molecular weight is 356 g/mol. The molecular weight excluding hydrogens is 332 g/mol. The normalized spacial score (nSPS) is 50.0. The van der Waals surface area contributed by atoms with Gasteiger partial charge in [0.15, 0.2) is 12.6 Å². The van der Waals surface area contributed by atoms with E-state index in [0.717, 1.165) is 0 Å². The zero-order chi connectivity index (χ0) is 18.0. The van der Waals surface area contributed by atoms with Crippen molar-refractivity contribution in [2.45, 2.75) is 61.4 Å². The van der Waals surface area contributed by atoms with Crippen LogP contribution in [0.2, 0.25) is 0 Å². The predicted octanol–water partition coefficient (Wildman–Crippen LogP) is -4.74. The van der Waals surface area contributed by atoms with Crippen LogP contribution in [-0.4, -0.2) is 117 Å². The molecule has 0 aromatic carbocycles. The topological polar surface area (TPSA) is 179 Å². The van der Waals surface area contributed by atoms with Crippen molar-refractivity contribution in [3.05, 3.63) is 0 Å². The number of hydrogen-bond donors (Lipinski definition) is 7. The van der Waals surface area contributed by atoms with Crippen LogP contribution in [0.1, 0.15) is 0 Å². The molecule has 142 valence electrons. The standard InChI is InChI=1S/C13H24O11/c1-21-11-9(19)12(20)22-5(3-15)10(11)24-13-8(18)7(17)6(16)4(2-14)23-13/h4-20H,2-3H2,1H3/t4-,5-,6+,7+,8-,9-,10-,11-,12?,13+/m1/s1. The van der Waals surface area contributed by atoms with Crippen molar-refractivity contribution in [1.29, 1.82) is 0 Å². The summed E-state index contributed by atoms with van der Waals surface area (Å²) in [6, 6.07) is 0. The van der Waals surface area contributed by atoms with Gasteiger partial charge in [0.25, 0.3) is 0 Å². The molecule has 2 aliphatic rings. The minimum absolute atomic E-state index is 0.592. The Morgan fingerprint density at radius 1 is 0.750 bits per heavy atom. The first kappa shape index (κ1) is 19.9. The van der Waals surface area contributed by atoms with Crippen molar-refractivity contribution in [2.75, 3.05) is 20.3 Å². The molecule has 0 amide bonds. The molecule has 11 nitrogen and oxygen atoms in total. The molecule has 0 aromatic rings. The van der Waals surface area contributed by atoms with Crippen LogP contribution in [0.4, 0.5) is 0 Å². The first-order chi connectivity index (χ1) is 11.3. The minimum atomic E-state index is -1.66. The lowest BCUT2D eigenvalue weighted by Gasteiger charge is -2.46. The second-order valence-corrected chi connectivity index (χ2v) is 5.74. The van der Waals surface area contributed by atoms with Crippen LogP contribution >= 0.6 is 0 Å². The first-order valence-corrected chi connectivity index (χ1v) is 7.46. The molecule has 11 heteroatoms. The molecule has 7 N–H and O–H groups in total. The van der Waals surface area contributed by atoms with Crippen molar-refractivity contribution in [1.82, 2.24) is 0 Å². The van der Waals surface area contributed by atoms with Gasteiger partial charge in [-0.1, -0.05) is 0 Å². The van der Waals surface area contributed by atoms with Crippen molar-refractivity contribution in [3.63, 3.8) is 0 Å². The Bertz CT molecular complexity index is 394. The fraction of sp³-hybridized carbons (Fsp3) is 1.00. The average Bonchev–Trinajstić information content (AvgIpc) is 2.58. The Balaban J connectivity index is 2.16. The van der Waals surface area contributed by atoms with E-state index in [1.54, 1.807) is 0 Å². The smallest absolute Gasteiger partial charge is 0.187 e. The third-order valence-electron chi connectivity index (χ3n) is 4.23. The van der Waals surface area contributed by atoms with Crippen LogP contribution in [0.5, 0.6) is 0 Å². The molecule has 0 saturated carbocycles. The summed E-state index contributed by atoms with van der Waals surface area (Å²) in [5.41, 5.74) is 0. The number of ether oxygens (including phenoxy) is 4. The molecule has 2 fully saturated rings. The molecule has 1 unspecified atom stereocenters. The Labute approximate surface area is 137 Å². The van der Waals surface area contributed by atoms with Gasteiger partial charge in [-0.15, -0.1) is 0 Å². The van der Waals surface area contributed by atoms with Crippen LogP contribution in [0.25, 0.3) is 0 Å². The number of rotatable bonds is 5. The Morgan fingerprint density at radius 3 is 1.92 bits per heavy atom. The molecular formula is C13H24O11. The fourth-order valence-electron chi connectivity index (χ4n) is 2.83. The van der Waals surface area contributed by atoms with Gasteiger partial charge in [-0.2, -0.15) is 0 Å². The van der Waals surface area contributed by atoms with E-state index < -0.39 is 74.6 Å². The highest BCUT2D eigenvalue weighted by atomic mass is 16.7. The number of aliphatic hydroxyl groups excluding tert-OH is 7. The molecule has 2 rings (SSSR count). The largest absolute Gasteiger partial charge is 0.394 e. The van der Waals surface area contributed by atoms with E-state index in [-0.39, 0.29) is 0 Å². The molecule has 0 aliphatic carbocycles. The molecule has 0 bridgehead atoms. The van der Waals surface area contributed by atoms with Gasteiger partial charge >= 0.3 is 0 Å². The van der Waals surface area contributed by atoms with Gasteiger partial charge in [0.2, 0.25) is 0 Å². The van der Waals surface area contributed by atoms with Gasteiger partial charge in [-0.3, -0.25) is 0 Å². The summed E-state index contributed by atoms with van der Waals surface area (Å²) >= 11 is 0. The van der Waals surface area contributed by atoms with Crippen LogP contribution in [0.3, 0.4) is 0 Å². The number of aliphatic hydroxyl groups is 7. The summed E-state index contributed by atoms with van der Waals surface area (Å²) in [4.78, 5) is 0. The number of methoxy groups -OCH3 is 1. The summed E-state index contributed by atoms with van der Waals surface area (Å²) in [5, 5.41) is 67.6. The molecule has 24 heavy (non-hydrogen) atoms. The predicted molar refractivity (Wildman–Crippen MR) is 73.4 cm³/mol. The van der Waals surface area contributed by atoms with Gasteiger partial charge in [-0.25, -0.2) is 0 Å². The van der Waals surface area contributed by atoms with Crippen LogP contribution in [0.15, 0.2) is 0 Å². The van der Waals surface area contributed by atoms with Crippen molar-refractivity contribution in [3.8, 4) is 0 Å². The highest BCUT2D eigenvalue weighted by Crippen LogP contribution is 2.29. The van der Waals surface area contributed by atoms with Gasteiger partial charge in [0.05, 0.1) is 13.2 Å². The maximum absolute atomic E-state index is 9.99. The Kier molecular flexibility index (Phi) is 6.87. The summed E-state index contributed by atoms with van der Waals surface area (Å²) < 4.78 is 20.8. The lowest BCUT2D eigenvalue weighted by molar-refractivity contribution is -0.357. The second-order valence-electron chi connectivity index (χ2n) is 5.74. The zero-order valence-electron chi connectivity index (χ0n) is 13.0. The molecule has 0 spiro atoms. The quantitative estimate of drug-likeness (QED) is 0.251. The van der Waals surface area contributed by atoms with E-state index in [9.17, 15) is 30.6 Å². The molecule has 0 aromatic heterocycles. The maximum atomic E-state index is 9.99. The van der Waals surface area contributed by atoms with Gasteiger partial charge in [0.1, 0.15) is 48.8 Å². The summed E-state index contributed by atoms with van der Waals surface area (Å²) in [7, 11) is 1.24. The second kappa shape index (κ2) is 8.29. The van der Waals surface area contributed by atoms with Gasteiger partial charge < -0.3 is 54.7 Å². The maximum Gasteiger partial charge on any atom is 0.187 e. The first-order valence-electron chi connectivity index (χ1n) is 7.46. The number of hydrogen-bond acceptors (Lipinski definition) is 11. The minimum Gasteiger partial charge on any atom is -0.394 e. The summed E-state index contributed by atoms with van der Waals surface area (Å²) in [6.45, 7) is -1.23. The highest BCUT2D eigenvalue weighted by molar-refractivity contribution is 4.94. The monoisotopic (exact) mass is 356 g/mol. The highest BCUT2D eigenvalue weighted by Gasteiger charge is 2.50. The molecule has 10 atom stereocenters. The Morgan fingerprint density at radius 2 is 1.38 bits per heavy atom. The SMILES string of the molecule is CO[C@H]1[C@H](O[C@@H]2O[C@H](CO)[C@H](O)[C@H](O)[C@H]2O)[C@@H](CO)OC(O)[C@@H]1O. The van der Waals surface area contributed by atoms with E-state index in [0.29, 0.717) is 0 Å². The van der Waals surface area contributed by atoms with Crippen LogP contribution < -0.4 is 0 Å². The van der Waals surface area contributed by atoms with E-state index in [1.807, 2.05) is 0 Å². The van der Waals surface area contributed by atoms with Crippen molar-refractivity contribution >= 4 is 0 Å². The lowest BCUT2D eigenvalue weighted by atomic mass is 9.97. The summed E-state index contributed by atoms with van der Waals surface area (Å²) in [6.07, 6.45) is -14.0. The molecule has 2 heterocycles. The lowest BCUT2D eigenvalue weighted by Crippen LogP contribution is -2.64. The molecule has 2 aliphatic heterocycles. The summed E-state index contributed by atoms with van der Waals surface area (Å²) in [5.74, 6) is 0. The van der Waals surface area contributed by atoms with Gasteiger partial charge in [0, 0.05) is 7.11 Å². The fourth-order valence-corrected chi connectivity index (χ4v) is 2.83. The third kappa shape index (κ3) is 3.71. The van der Waals surface area contributed by atoms with E-state index in [1.165, 1.54) is 7.11 Å². The Hall–Kier alpha value is -0.440. The molecule has 2 saturated heterocycles. The van der Waals surface area contributed by atoms with Gasteiger partial charge in [-0.05, 0) is 0 Å². The van der Waals surface area contributed by atoms with Crippen LogP contribution in [0, 0.1) is 0 Å². The van der Waals surface area contributed by atoms with E-state index >= 15 is 0 Å².